The van der Waals surface area contributed by atoms with Crippen LogP contribution in [0, 0.1) is 3.95 Å². The molecule has 0 spiro atoms. The number of carbonyl (C=O) groups is 1. The molecule has 0 aliphatic rings. The molecule has 94 valence electrons. The highest BCUT2D eigenvalue weighted by molar-refractivity contribution is 7.73. The SMILES string of the molecule is O=C(O)Cn1c(O)c(-c2cccc(Cl)c2)sc1=S. The second-order valence-electron chi connectivity index (χ2n) is 3.51. The summed E-state index contributed by atoms with van der Waals surface area (Å²) in [5.41, 5.74) is 0.709. The Kier molecular flexibility index (Phi) is 3.70. The van der Waals surface area contributed by atoms with Crippen LogP contribution in [-0.4, -0.2) is 20.7 Å². The maximum Gasteiger partial charge on any atom is 0.323 e. The highest BCUT2D eigenvalue weighted by Crippen LogP contribution is 2.36. The number of carboxylic acid groups (broad SMARTS) is 1. The second-order valence-corrected chi connectivity index (χ2v) is 5.59. The van der Waals surface area contributed by atoms with E-state index in [0.717, 1.165) is 11.3 Å². The standard InChI is InChI=1S/C11H8ClNO3S2/c12-7-3-1-2-6(4-7)9-10(16)13(5-8(14)15)11(17)18-9/h1-4,16H,5H2,(H,14,15). The van der Waals surface area contributed by atoms with Gasteiger partial charge < -0.3 is 10.2 Å². The summed E-state index contributed by atoms with van der Waals surface area (Å²) in [6, 6.07) is 6.93. The molecule has 0 atom stereocenters. The van der Waals surface area contributed by atoms with Gasteiger partial charge in [0.2, 0.25) is 5.88 Å². The van der Waals surface area contributed by atoms with E-state index < -0.39 is 5.97 Å². The molecule has 2 N–H and O–H groups in total. The highest BCUT2D eigenvalue weighted by atomic mass is 35.5. The summed E-state index contributed by atoms with van der Waals surface area (Å²) in [4.78, 5) is 11.2. The zero-order valence-electron chi connectivity index (χ0n) is 8.96. The molecule has 1 aromatic carbocycles. The number of aliphatic carboxylic acids is 1. The molecular formula is C11H8ClNO3S2. The fraction of sp³-hybridized carbons (Fsp3) is 0.0909. The van der Waals surface area contributed by atoms with Gasteiger partial charge in [0.1, 0.15) is 6.54 Å². The summed E-state index contributed by atoms with van der Waals surface area (Å²) in [5, 5.41) is 19.3. The number of halogens is 1. The van der Waals surface area contributed by atoms with E-state index in [4.69, 9.17) is 28.9 Å². The summed E-state index contributed by atoms with van der Waals surface area (Å²) < 4.78 is 1.49. The third kappa shape index (κ3) is 2.55. The number of hydrogen-bond acceptors (Lipinski definition) is 4. The number of nitrogens with zero attached hydrogens (tertiary/aromatic N) is 1. The third-order valence-corrected chi connectivity index (χ3v) is 3.97. The van der Waals surface area contributed by atoms with E-state index in [2.05, 4.69) is 0 Å². The van der Waals surface area contributed by atoms with Crippen molar-refractivity contribution in [1.29, 1.82) is 0 Å². The Morgan fingerprint density at radius 1 is 1.50 bits per heavy atom. The van der Waals surface area contributed by atoms with Gasteiger partial charge in [-0.1, -0.05) is 23.7 Å². The molecule has 2 aromatic rings. The number of aromatic hydroxyl groups is 1. The minimum absolute atomic E-state index is 0.144. The van der Waals surface area contributed by atoms with Gasteiger partial charge in [0, 0.05) is 5.02 Å². The van der Waals surface area contributed by atoms with Gasteiger partial charge in [0.15, 0.2) is 3.95 Å². The molecule has 2 rings (SSSR count). The van der Waals surface area contributed by atoms with Gasteiger partial charge in [-0.3, -0.25) is 9.36 Å². The average molecular weight is 302 g/mol. The van der Waals surface area contributed by atoms with Crippen LogP contribution in [0.1, 0.15) is 0 Å². The molecule has 1 heterocycles. The van der Waals surface area contributed by atoms with Crippen LogP contribution >= 0.6 is 35.2 Å². The molecule has 0 bridgehead atoms. The first-order valence-corrected chi connectivity index (χ1v) is 6.49. The number of aromatic nitrogens is 1. The van der Waals surface area contributed by atoms with Crippen molar-refractivity contribution in [2.45, 2.75) is 6.54 Å². The fourth-order valence-corrected chi connectivity index (χ4v) is 2.96. The van der Waals surface area contributed by atoms with Gasteiger partial charge in [0.05, 0.1) is 4.88 Å². The molecule has 1 aromatic heterocycles. The number of benzene rings is 1. The van der Waals surface area contributed by atoms with Gasteiger partial charge in [0.25, 0.3) is 0 Å². The minimum atomic E-state index is -1.06. The summed E-state index contributed by atoms with van der Waals surface area (Å²) in [6.45, 7) is -0.359. The molecule has 18 heavy (non-hydrogen) atoms. The molecular weight excluding hydrogens is 294 g/mol. The lowest BCUT2D eigenvalue weighted by molar-refractivity contribution is -0.137. The summed E-state index contributed by atoms with van der Waals surface area (Å²) in [6.07, 6.45) is 0. The molecule has 0 amide bonds. The Morgan fingerprint density at radius 3 is 2.83 bits per heavy atom. The van der Waals surface area contributed by atoms with Crippen LogP contribution in [-0.2, 0) is 11.3 Å². The van der Waals surface area contributed by atoms with Crippen LogP contribution in [0.5, 0.6) is 5.88 Å². The molecule has 0 saturated carbocycles. The van der Waals surface area contributed by atoms with Crippen LogP contribution in [0.25, 0.3) is 10.4 Å². The van der Waals surface area contributed by atoms with Crippen molar-refractivity contribution in [2.75, 3.05) is 0 Å². The van der Waals surface area contributed by atoms with E-state index in [-0.39, 0.29) is 12.4 Å². The normalized spacial score (nSPS) is 10.5. The van der Waals surface area contributed by atoms with Crippen molar-refractivity contribution in [3.8, 4) is 16.3 Å². The number of thiazole rings is 1. The summed E-state index contributed by atoms with van der Waals surface area (Å²) >= 11 is 12.1. The average Bonchev–Trinajstić information content (AvgIpc) is 2.56. The second kappa shape index (κ2) is 5.09. The van der Waals surface area contributed by atoms with Crippen molar-refractivity contribution < 1.29 is 15.0 Å². The maximum atomic E-state index is 10.7. The Bertz CT molecular complexity index is 663. The van der Waals surface area contributed by atoms with Crippen molar-refractivity contribution in [1.82, 2.24) is 4.57 Å². The van der Waals surface area contributed by atoms with Gasteiger partial charge in [-0.2, -0.15) is 0 Å². The van der Waals surface area contributed by atoms with Gasteiger partial charge in [-0.05, 0) is 29.9 Å². The Balaban J connectivity index is 2.54. The van der Waals surface area contributed by atoms with E-state index in [1.807, 2.05) is 0 Å². The topological polar surface area (TPSA) is 62.5 Å². The molecule has 0 unspecified atom stereocenters. The summed E-state index contributed by atoms with van der Waals surface area (Å²) in [7, 11) is 0. The van der Waals surface area contributed by atoms with Crippen molar-refractivity contribution >= 4 is 41.1 Å². The first-order chi connectivity index (χ1) is 8.49. The number of rotatable bonds is 3. The zero-order valence-corrected chi connectivity index (χ0v) is 11.3. The van der Waals surface area contributed by atoms with E-state index in [0.29, 0.717) is 19.4 Å². The molecule has 0 aliphatic carbocycles. The number of hydrogen-bond donors (Lipinski definition) is 2. The molecule has 0 aliphatic heterocycles. The predicted molar refractivity (Wildman–Crippen MR) is 72.9 cm³/mol. The van der Waals surface area contributed by atoms with E-state index in [9.17, 15) is 9.90 Å². The lowest BCUT2D eigenvalue weighted by Crippen LogP contribution is -2.07. The number of carboxylic acids is 1. The molecule has 0 radical (unpaired) electrons. The summed E-state index contributed by atoms with van der Waals surface area (Å²) in [5.74, 6) is -1.20. The minimum Gasteiger partial charge on any atom is -0.493 e. The first-order valence-electron chi connectivity index (χ1n) is 4.89. The van der Waals surface area contributed by atoms with Gasteiger partial charge in [-0.15, -0.1) is 11.3 Å². The quantitative estimate of drug-likeness (QED) is 0.853. The Hall–Kier alpha value is -1.37. The lowest BCUT2D eigenvalue weighted by atomic mass is 10.2. The smallest absolute Gasteiger partial charge is 0.323 e. The van der Waals surface area contributed by atoms with Crippen LogP contribution < -0.4 is 0 Å². The first kappa shape index (κ1) is 13.1. The van der Waals surface area contributed by atoms with Gasteiger partial charge in [-0.25, -0.2) is 0 Å². The van der Waals surface area contributed by atoms with Crippen molar-refractivity contribution in [3.05, 3.63) is 33.2 Å². The van der Waals surface area contributed by atoms with Crippen LogP contribution in [0.3, 0.4) is 0 Å². The van der Waals surface area contributed by atoms with Crippen LogP contribution in [0.15, 0.2) is 24.3 Å². The fourth-order valence-electron chi connectivity index (χ4n) is 1.49. The zero-order chi connectivity index (χ0) is 13.3. The largest absolute Gasteiger partial charge is 0.493 e. The molecule has 4 nitrogen and oxygen atoms in total. The maximum absolute atomic E-state index is 10.7. The van der Waals surface area contributed by atoms with Gasteiger partial charge >= 0.3 is 5.97 Å². The van der Waals surface area contributed by atoms with Crippen LogP contribution in [0.4, 0.5) is 0 Å². The molecule has 0 fully saturated rings. The Labute approximate surface area is 117 Å². The molecule has 7 heteroatoms. The van der Waals surface area contributed by atoms with Crippen molar-refractivity contribution in [3.63, 3.8) is 0 Å². The molecule has 0 saturated heterocycles. The van der Waals surface area contributed by atoms with Crippen LogP contribution in [0.2, 0.25) is 5.02 Å². The Morgan fingerprint density at radius 2 is 2.22 bits per heavy atom. The van der Waals surface area contributed by atoms with E-state index in [1.165, 1.54) is 4.57 Å². The predicted octanol–water partition coefficient (Wildman–Crippen LogP) is 3.39. The lowest BCUT2D eigenvalue weighted by Gasteiger charge is -2.02. The van der Waals surface area contributed by atoms with E-state index >= 15 is 0 Å². The highest BCUT2D eigenvalue weighted by Gasteiger charge is 2.15. The van der Waals surface area contributed by atoms with Crippen molar-refractivity contribution in [2.24, 2.45) is 0 Å². The third-order valence-electron chi connectivity index (χ3n) is 2.25. The van der Waals surface area contributed by atoms with E-state index in [1.54, 1.807) is 24.3 Å². The monoisotopic (exact) mass is 301 g/mol.